The number of rotatable bonds is 2. The second kappa shape index (κ2) is 4.72. The lowest BCUT2D eigenvalue weighted by molar-refractivity contribution is 0.0738. The highest BCUT2D eigenvalue weighted by Crippen LogP contribution is 2.22. The molecule has 0 aliphatic carbocycles. The lowest BCUT2D eigenvalue weighted by Gasteiger charge is -2.06. The highest BCUT2D eigenvalue weighted by atomic mass is 32.1. The molecule has 0 spiro atoms. The van der Waals surface area contributed by atoms with Gasteiger partial charge in [-0.15, -0.1) is 11.3 Å². The number of benzene rings is 1. The van der Waals surface area contributed by atoms with Gasteiger partial charge in [0.2, 0.25) is 0 Å². The summed E-state index contributed by atoms with van der Waals surface area (Å²) >= 11 is 1.45. The molecule has 0 fully saturated rings. The number of aryl methyl sites for hydroxylation is 3. The Kier molecular flexibility index (Phi) is 3.29. The highest BCUT2D eigenvalue weighted by Gasteiger charge is 2.11. The van der Waals surface area contributed by atoms with Crippen molar-refractivity contribution in [2.24, 2.45) is 0 Å². The van der Waals surface area contributed by atoms with Gasteiger partial charge in [0.05, 0.1) is 0 Å². The molecule has 2 nitrogen and oxygen atoms in total. The first kappa shape index (κ1) is 11.9. The lowest BCUT2D eigenvalue weighted by atomic mass is 10.1. The van der Waals surface area contributed by atoms with E-state index in [2.05, 4.69) is 0 Å². The number of ether oxygens (including phenoxy) is 1. The molecule has 0 saturated heterocycles. The number of carbonyl (C=O) groups excluding carboxylic acids is 1. The molecule has 3 heteroatoms. The SMILES string of the molecule is Cc1ccc(OC(=O)c2ccc(C)s2)c(C)c1. The van der Waals surface area contributed by atoms with Gasteiger partial charge >= 0.3 is 5.97 Å². The van der Waals surface area contributed by atoms with E-state index in [4.69, 9.17) is 4.74 Å². The second-order valence-corrected chi connectivity index (χ2v) is 5.36. The van der Waals surface area contributed by atoms with Crippen molar-refractivity contribution in [1.29, 1.82) is 0 Å². The predicted molar refractivity (Wildman–Crippen MR) is 69.9 cm³/mol. The zero-order valence-corrected chi connectivity index (χ0v) is 10.9. The van der Waals surface area contributed by atoms with Crippen molar-refractivity contribution in [1.82, 2.24) is 0 Å². The first-order valence-corrected chi connectivity index (χ1v) is 6.24. The summed E-state index contributed by atoms with van der Waals surface area (Å²) in [6, 6.07) is 9.50. The zero-order valence-electron chi connectivity index (χ0n) is 10.1. The van der Waals surface area contributed by atoms with Crippen LogP contribution >= 0.6 is 11.3 Å². The number of thiophene rings is 1. The van der Waals surface area contributed by atoms with Crippen LogP contribution in [0.4, 0.5) is 0 Å². The Bertz CT molecular complexity index is 555. The predicted octanol–water partition coefficient (Wildman–Crippen LogP) is 3.89. The third-order valence-electron chi connectivity index (χ3n) is 2.47. The van der Waals surface area contributed by atoms with Gasteiger partial charge in [-0.1, -0.05) is 17.7 Å². The Morgan fingerprint density at radius 1 is 1.12 bits per heavy atom. The molecular weight excluding hydrogens is 232 g/mol. The van der Waals surface area contributed by atoms with Gasteiger partial charge in [-0.25, -0.2) is 4.79 Å². The van der Waals surface area contributed by atoms with E-state index in [1.807, 2.05) is 45.0 Å². The molecule has 0 aliphatic rings. The van der Waals surface area contributed by atoms with E-state index in [9.17, 15) is 4.79 Å². The van der Waals surface area contributed by atoms with Gasteiger partial charge in [-0.2, -0.15) is 0 Å². The van der Waals surface area contributed by atoms with E-state index in [0.717, 1.165) is 16.0 Å². The number of esters is 1. The molecule has 0 atom stereocenters. The van der Waals surface area contributed by atoms with E-state index in [1.54, 1.807) is 6.07 Å². The molecule has 88 valence electrons. The average molecular weight is 246 g/mol. The minimum Gasteiger partial charge on any atom is -0.422 e. The number of hydrogen-bond acceptors (Lipinski definition) is 3. The monoisotopic (exact) mass is 246 g/mol. The summed E-state index contributed by atoms with van der Waals surface area (Å²) in [5, 5.41) is 0. The molecular formula is C14H14O2S. The molecule has 0 saturated carbocycles. The molecule has 2 rings (SSSR count). The Hall–Kier alpha value is -1.61. The molecule has 0 aliphatic heterocycles. The molecule has 17 heavy (non-hydrogen) atoms. The summed E-state index contributed by atoms with van der Waals surface area (Å²) < 4.78 is 5.37. The van der Waals surface area contributed by atoms with Crippen molar-refractivity contribution < 1.29 is 9.53 Å². The minimum absolute atomic E-state index is 0.282. The van der Waals surface area contributed by atoms with Gasteiger partial charge in [-0.05, 0) is 44.5 Å². The van der Waals surface area contributed by atoms with Crippen LogP contribution in [0.2, 0.25) is 0 Å². The van der Waals surface area contributed by atoms with E-state index >= 15 is 0 Å². The summed E-state index contributed by atoms with van der Waals surface area (Å²) in [5.41, 5.74) is 2.14. The van der Waals surface area contributed by atoms with Gasteiger partial charge < -0.3 is 4.74 Å². The van der Waals surface area contributed by atoms with Gasteiger partial charge in [-0.3, -0.25) is 0 Å². The fraction of sp³-hybridized carbons (Fsp3) is 0.214. The minimum atomic E-state index is -0.282. The molecule has 0 radical (unpaired) electrons. The van der Waals surface area contributed by atoms with Crippen LogP contribution in [0.1, 0.15) is 25.7 Å². The molecule has 0 amide bonds. The van der Waals surface area contributed by atoms with Crippen LogP contribution in [0.15, 0.2) is 30.3 Å². The summed E-state index contributed by atoms with van der Waals surface area (Å²) in [7, 11) is 0. The Balaban J connectivity index is 2.18. The normalized spacial score (nSPS) is 10.3. The summed E-state index contributed by atoms with van der Waals surface area (Å²) in [4.78, 5) is 13.6. The highest BCUT2D eigenvalue weighted by molar-refractivity contribution is 7.13. The maximum Gasteiger partial charge on any atom is 0.353 e. The molecule has 0 unspecified atom stereocenters. The van der Waals surface area contributed by atoms with Crippen LogP contribution in [0, 0.1) is 20.8 Å². The van der Waals surface area contributed by atoms with Crippen LogP contribution in [0.3, 0.4) is 0 Å². The number of carbonyl (C=O) groups is 1. The molecule has 0 N–H and O–H groups in total. The van der Waals surface area contributed by atoms with Crippen LogP contribution in [-0.2, 0) is 0 Å². The quantitative estimate of drug-likeness (QED) is 0.593. The zero-order chi connectivity index (χ0) is 12.4. The van der Waals surface area contributed by atoms with Gasteiger partial charge in [0, 0.05) is 4.88 Å². The molecule has 0 bridgehead atoms. The summed E-state index contributed by atoms with van der Waals surface area (Å²) in [6.45, 7) is 5.93. The average Bonchev–Trinajstić information content (AvgIpc) is 2.69. The van der Waals surface area contributed by atoms with Crippen molar-refractivity contribution in [2.75, 3.05) is 0 Å². The van der Waals surface area contributed by atoms with Crippen LogP contribution < -0.4 is 4.74 Å². The van der Waals surface area contributed by atoms with E-state index in [0.29, 0.717) is 10.6 Å². The van der Waals surface area contributed by atoms with Gasteiger partial charge in [0.25, 0.3) is 0 Å². The van der Waals surface area contributed by atoms with Crippen molar-refractivity contribution in [2.45, 2.75) is 20.8 Å². The maximum absolute atomic E-state index is 11.9. The Morgan fingerprint density at radius 3 is 2.47 bits per heavy atom. The van der Waals surface area contributed by atoms with Crippen molar-refractivity contribution >= 4 is 17.3 Å². The third kappa shape index (κ3) is 2.74. The summed E-state index contributed by atoms with van der Waals surface area (Å²) in [5.74, 6) is 0.349. The molecule has 1 aromatic carbocycles. The molecule has 1 aromatic heterocycles. The van der Waals surface area contributed by atoms with E-state index < -0.39 is 0 Å². The standard InChI is InChI=1S/C14H14O2S/c1-9-4-6-12(10(2)8-9)16-14(15)13-7-5-11(3)17-13/h4-8H,1-3H3. The van der Waals surface area contributed by atoms with Crippen molar-refractivity contribution in [3.63, 3.8) is 0 Å². The fourth-order valence-corrected chi connectivity index (χ4v) is 2.35. The number of hydrogen-bond donors (Lipinski definition) is 0. The Morgan fingerprint density at radius 2 is 1.88 bits per heavy atom. The maximum atomic E-state index is 11.9. The van der Waals surface area contributed by atoms with Gasteiger partial charge in [0.15, 0.2) is 0 Å². The second-order valence-electron chi connectivity index (χ2n) is 4.07. The fourth-order valence-electron chi connectivity index (χ4n) is 1.61. The van der Waals surface area contributed by atoms with Crippen molar-refractivity contribution in [3.05, 3.63) is 51.2 Å². The molecule has 2 aromatic rings. The van der Waals surface area contributed by atoms with Gasteiger partial charge in [0.1, 0.15) is 10.6 Å². The van der Waals surface area contributed by atoms with Crippen molar-refractivity contribution in [3.8, 4) is 5.75 Å². The Labute approximate surface area is 105 Å². The van der Waals surface area contributed by atoms with Crippen LogP contribution in [-0.4, -0.2) is 5.97 Å². The smallest absolute Gasteiger partial charge is 0.353 e. The first-order chi connectivity index (χ1) is 8.06. The lowest BCUT2D eigenvalue weighted by Crippen LogP contribution is -2.07. The summed E-state index contributed by atoms with van der Waals surface area (Å²) in [6.07, 6.45) is 0. The largest absolute Gasteiger partial charge is 0.422 e. The first-order valence-electron chi connectivity index (χ1n) is 5.42. The van der Waals surface area contributed by atoms with Crippen LogP contribution in [0.5, 0.6) is 5.75 Å². The van der Waals surface area contributed by atoms with E-state index in [1.165, 1.54) is 11.3 Å². The van der Waals surface area contributed by atoms with E-state index in [-0.39, 0.29) is 5.97 Å². The van der Waals surface area contributed by atoms with Crippen LogP contribution in [0.25, 0.3) is 0 Å². The topological polar surface area (TPSA) is 26.3 Å². The third-order valence-corrected chi connectivity index (χ3v) is 3.46. The molecule has 1 heterocycles.